The Hall–Kier alpha value is -1.42. The van der Waals surface area contributed by atoms with Crippen molar-refractivity contribution >= 4 is 23.2 Å². The van der Waals surface area contributed by atoms with Crippen molar-refractivity contribution in [2.75, 3.05) is 13.1 Å². The van der Waals surface area contributed by atoms with Crippen LogP contribution in [0.15, 0.2) is 42.5 Å². The van der Waals surface area contributed by atoms with Gasteiger partial charge in [-0.1, -0.05) is 35.3 Å². The summed E-state index contributed by atoms with van der Waals surface area (Å²) >= 11 is 12.0. The molecule has 3 rings (SSSR count). The molecule has 1 aliphatic heterocycles. The highest BCUT2D eigenvalue weighted by atomic mass is 35.5. The van der Waals surface area contributed by atoms with E-state index in [1.54, 1.807) is 12.1 Å². The topological polar surface area (TPSA) is 30.5 Å². The second kappa shape index (κ2) is 6.78. The third-order valence-electron chi connectivity index (χ3n) is 3.59. The third-order valence-corrected chi connectivity index (χ3v) is 4.07. The molecule has 1 fully saturated rings. The summed E-state index contributed by atoms with van der Waals surface area (Å²) in [6.07, 6.45) is 0.0620. The third kappa shape index (κ3) is 3.67. The first-order chi connectivity index (χ1) is 10.6. The van der Waals surface area contributed by atoms with Gasteiger partial charge in [0.05, 0.1) is 0 Å². The highest BCUT2D eigenvalue weighted by molar-refractivity contribution is 6.31. The largest absolute Gasteiger partial charge is 0.484 e. The first kappa shape index (κ1) is 15.5. The highest BCUT2D eigenvalue weighted by Crippen LogP contribution is 2.34. The van der Waals surface area contributed by atoms with Gasteiger partial charge < -0.3 is 14.8 Å². The van der Waals surface area contributed by atoms with Crippen molar-refractivity contribution in [2.45, 2.75) is 19.1 Å². The van der Waals surface area contributed by atoms with Gasteiger partial charge in [-0.2, -0.15) is 0 Å². The molecule has 0 aromatic heterocycles. The Kier molecular flexibility index (Phi) is 4.77. The summed E-state index contributed by atoms with van der Waals surface area (Å²) in [7, 11) is 0. The number of nitrogens with one attached hydrogen (secondary N) is 1. The van der Waals surface area contributed by atoms with E-state index in [0.29, 0.717) is 21.5 Å². The second-order valence-corrected chi connectivity index (χ2v) is 6.17. The van der Waals surface area contributed by atoms with Gasteiger partial charge in [-0.3, -0.25) is 0 Å². The molecule has 0 spiro atoms. The molecule has 0 radical (unpaired) electrons. The van der Waals surface area contributed by atoms with Crippen LogP contribution in [-0.2, 0) is 0 Å². The minimum Gasteiger partial charge on any atom is -0.484 e. The van der Waals surface area contributed by atoms with Gasteiger partial charge in [0.15, 0.2) is 11.5 Å². The Morgan fingerprint density at radius 1 is 1.00 bits per heavy atom. The van der Waals surface area contributed by atoms with E-state index >= 15 is 0 Å². The number of benzene rings is 2. The lowest BCUT2D eigenvalue weighted by Gasteiger charge is -2.29. The van der Waals surface area contributed by atoms with E-state index < -0.39 is 0 Å². The van der Waals surface area contributed by atoms with E-state index in [9.17, 15) is 0 Å². The monoisotopic (exact) mass is 337 g/mol. The van der Waals surface area contributed by atoms with Crippen molar-refractivity contribution in [3.63, 3.8) is 0 Å². The average molecular weight is 338 g/mol. The summed E-state index contributed by atoms with van der Waals surface area (Å²) in [4.78, 5) is 0. The van der Waals surface area contributed by atoms with Crippen LogP contribution in [0.2, 0.25) is 10.0 Å². The average Bonchev–Trinajstić information content (AvgIpc) is 2.46. The van der Waals surface area contributed by atoms with E-state index in [1.165, 1.54) is 0 Å². The summed E-state index contributed by atoms with van der Waals surface area (Å²) in [6, 6.07) is 13.1. The van der Waals surface area contributed by atoms with Crippen LogP contribution in [0.1, 0.15) is 18.6 Å². The van der Waals surface area contributed by atoms with Gasteiger partial charge in [0, 0.05) is 29.2 Å². The Morgan fingerprint density at radius 3 is 2.32 bits per heavy atom. The Bertz CT molecular complexity index is 642. The molecule has 1 unspecified atom stereocenters. The summed E-state index contributed by atoms with van der Waals surface area (Å²) in [5.74, 6) is 1.37. The number of rotatable bonds is 5. The molecule has 0 amide bonds. The zero-order chi connectivity index (χ0) is 15.5. The fourth-order valence-corrected chi connectivity index (χ4v) is 2.48. The molecular weight excluding hydrogens is 321 g/mol. The van der Waals surface area contributed by atoms with Crippen molar-refractivity contribution < 1.29 is 9.47 Å². The van der Waals surface area contributed by atoms with Crippen molar-refractivity contribution in [3.05, 3.63) is 58.1 Å². The molecule has 2 aromatic carbocycles. The molecule has 1 N–H and O–H groups in total. The van der Waals surface area contributed by atoms with Crippen LogP contribution in [0.5, 0.6) is 11.5 Å². The van der Waals surface area contributed by atoms with Crippen molar-refractivity contribution in [3.8, 4) is 11.5 Å². The summed E-state index contributed by atoms with van der Waals surface area (Å²) in [6.45, 7) is 3.68. The molecule has 0 saturated carbocycles. The number of halogens is 2. The van der Waals surface area contributed by atoms with Crippen molar-refractivity contribution in [1.82, 2.24) is 5.32 Å². The van der Waals surface area contributed by atoms with E-state index in [4.69, 9.17) is 32.7 Å². The molecule has 0 bridgehead atoms. The first-order valence-corrected chi connectivity index (χ1v) is 7.96. The maximum absolute atomic E-state index is 6.07. The lowest BCUT2D eigenvalue weighted by Crippen LogP contribution is -2.50. The maximum atomic E-state index is 6.07. The molecular formula is C17H17Cl2NO2. The summed E-state index contributed by atoms with van der Waals surface area (Å²) < 4.78 is 12.0. The molecule has 1 aliphatic rings. The van der Waals surface area contributed by atoms with Gasteiger partial charge in [0.25, 0.3) is 0 Å². The summed E-state index contributed by atoms with van der Waals surface area (Å²) in [5.41, 5.74) is 1.05. The van der Waals surface area contributed by atoms with E-state index in [1.807, 2.05) is 37.3 Å². The lowest BCUT2D eigenvalue weighted by atomic mass is 10.1. The summed E-state index contributed by atoms with van der Waals surface area (Å²) in [5, 5.41) is 4.52. The van der Waals surface area contributed by atoms with Gasteiger partial charge in [0.2, 0.25) is 0 Å². The molecule has 116 valence electrons. The zero-order valence-corrected chi connectivity index (χ0v) is 13.7. The molecule has 5 heteroatoms. The molecule has 3 nitrogen and oxygen atoms in total. The fraction of sp³-hybridized carbons (Fsp3) is 0.294. The zero-order valence-electron chi connectivity index (χ0n) is 12.2. The predicted molar refractivity (Wildman–Crippen MR) is 89.2 cm³/mol. The van der Waals surface area contributed by atoms with Gasteiger partial charge in [-0.15, -0.1) is 0 Å². The predicted octanol–water partition coefficient (Wildman–Crippen LogP) is 4.48. The van der Waals surface area contributed by atoms with E-state index in [0.717, 1.165) is 18.7 Å². The number of hydrogen-bond acceptors (Lipinski definition) is 3. The van der Waals surface area contributed by atoms with Crippen LogP contribution in [-0.4, -0.2) is 19.2 Å². The van der Waals surface area contributed by atoms with Crippen molar-refractivity contribution in [2.24, 2.45) is 0 Å². The van der Waals surface area contributed by atoms with E-state index in [2.05, 4.69) is 5.32 Å². The second-order valence-electron chi connectivity index (χ2n) is 5.30. The molecule has 1 atom stereocenters. The number of ether oxygens (including phenoxy) is 2. The maximum Gasteiger partial charge on any atom is 0.163 e. The molecule has 1 saturated heterocycles. The Labute approximate surface area is 140 Å². The standard InChI is InChI=1S/C17H17Cl2NO2/c1-11(12-2-4-13(18)5-3-12)21-16-7-6-14(19)8-17(16)22-15-9-20-10-15/h2-8,11,15,20H,9-10H2,1H3. The quantitative estimate of drug-likeness (QED) is 0.872. The normalized spacial score (nSPS) is 16.0. The first-order valence-electron chi connectivity index (χ1n) is 7.21. The molecule has 0 aliphatic carbocycles. The van der Waals surface area contributed by atoms with Crippen LogP contribution in [0.3, 0.4) is 0 Å². The Balaban J connectivity index is 1.76. The lowest BCUT2D eigenvalue weighted by molar-refractivity contribution is 0.129. The van der Waals surface area contributed by atoms with Crippen LogP contribution >= 0.6 is 23.2 Å². The van der Waals surface area contributed by atoms with Gasteiger partial charge in [0.1, 0.15) is 12.2 Å². The molecule has 22 heavy (non-hydrogen) atoms. The molecule has 1 heterocycles. The van der Waals surface area contributed by atoms with Gasteiger partial charge in [-0.25, -0.2) is 0 Å². The van der Waals surface area contributed by atoms with Crippen LogP contribution in [0.25, 0.3) is 0 Å². The minimum absolute atomic E-state index is 0.111. The fourth-order valence-electron chi connectivity index (χ4n) is 2.19. The molecule has 2 aromatic rings. The van der Waals surface area contributed by atoms with Crippen molar-refractivity contribution in [1.29, 1.82) is 0 Å². The van der Waals surface area contributed by atoms with Gasteiger partial charge >= 0.3 is 0 Å². The van der Waals surface area contributed by atoms with Gasteiger partial charge in [-0.05, 0) is 36.8 Å². The Morgan fingerprint density at radius 2 is 1.68 bits per heavy atom. The van der Waals surface area contributed by atoms with Crippen LogP contribution < -0.4 is 14.8 Å². The SMILES string of the molecule is CC(Oc1ccc(Cl)cc1OC1CNC1)c1ccc(Cl)cc1. The van der Waals surface area contributed by atoms with Crippen LogP contribution in [0.4, 0.5) is 0 Å². The van der Waals surface area contributed by atoms with E-state index in [-0.39, 0.29) is 12.2 Å². The minimum atomic E-state index is -0.111. The highest BCUT2D eigenvalue weighted by Gasteiger charge is 2.21. The number of hydrogen-bond donors (Lipinski definition) is 1. The van der Waals surface area contributed by atoms with Crippen LogP contribution in [0, 0.1) is 0 Å². The smallest absolute Gasteiger partial charge is 0.163 e.